The van der Waals surface area contributed by atoms with Crippen molar-refractivity contribution in [3.05, 3.63) is 42.1 Å². The topological polar surface area (TPSA) is 80.5 Å². The number of hydrogen-bond donors (Lipinski definition) is 1. The van der Waals surface area contributed by atoms with E-state index < -0.39 is 0 Å². The predicted octanol–water partition coefficient (Wildman–Crippen LogP) is 3.45. The van der Waals surface area contributed by atoms with Crippen LogP contribution >= 0.6 is 0 Å². The molecular formula is C23H25N7O. The zero-order valence-corrected chi connectivity index (χ0v) is 17.6. The lowest BCUT2D eigenvalue weighted by atomic mass is 10.2. The number of aryl methyl sites for hydroxylation is 1. The molecule has 5 heterocycles. The molecule has 158 valence electrons. The number of nitrogens with one attached hydrogen (secondary N) is 1. The van der Waals surface area contributed by atoms with E-state index in [-0.39, 0.29) is 6.04 Å². The molecule has 0 radical (unpaired) electrons. The summed E-state index contributed by atoms with van der Waals surface area (Å²) >= 11 is 0. The fourth-order valence-electron chi connectivity index (χ4n) is 4.48. The Kier molecular flexibility index (Phi) is 4.45. The number of hydrogen-bond acceptors (Lipinski definition) is 7. The highest BCUT2D eigenvalue weighted by molar-refractivity contribution is 5.78. The maximum Gasteiger partial charge on any atom is 0.160 e. The van der Waals surface area contributed by atoms with E-state index in [1.807, 2.05) is 41.8 Å². The van der Waals surface area contributed by atoms with E-state index in [4.69, 9.17) is 24.8 Å². The highest BCUT2D eigenvalue weighted by Crippen LogP contribution is 2.28. The molecule has 8 heteroatoms. The lowest BCUT2D eigenvalue weighted by Gasteiger charge is -2.19. The SMILES string of the molecule is Cc1nc2ccccc2nc1-c1cc2nc(N3CCCC3)cc(N[C@@H]3CCOC3)n2n1. The summed E-state index contributed by atoms with van der Waals surface area (Å²) in [5, 5.41) is 8.52. The van der Waals surface area contributed by atoms with Gasteiger partial charge in [-0.1, -0.05) is 12.1 Å². The molecule has 2 aliphatic rings. The van der Waals surface area contributed by atoms with E-state index >= 15 is 0 Å². The second-order valence-corrected chi connectivity index (χ2v) is 8.34. The van der Waals surface area contributed by atoms with Gasteiger partial charge in [0.2, 0.25) is 0 Å². The molecule has 31 heavy (non-hydrogen) atoms. The van der Waals surface area contributed by atoms with Crippen LogP contribution in [0.25, 0.3) is 28.1 Å². The number of nitrogens with zero attached hydrogens (tertiary/aromatic N) is 6. The van der Waals surface area contributed by atoms with Crippen LogP contribution in [0.15, 0.2) is 36.4 Å². The number of ether oxygens (including phenoxy) is 1. The van der Waals surface area contributed by atoms with E-state index in [0.29, 0.717) is 6.61 Å². The van der Waals surface area contributed by atoms with Crippen LogP contribution in [-0.2, 0) is 4.74 Å². The van der Waals surface area contributed by atoms with Crippen LogP contribution < -0.4 is 10.2 Å². The Labute approximate surface area is 180 Å². The minimum absolute atomic E-state index is 0.284. The van der Waals surface area contributed by atoms with Gasteiger partial charge in [0.05, 0.1) is 29.4 Å². The zero-order chi connectivity index (χ0) is 20.8. The molecule has 0 saturated carbocycles. The molecule has 8 nitrogen and oxygen atoms in total. The molecule has 3 aromatic heterocycles. The molecule has 0 aliphatic carbocycles. The summed E-state index contributed by atoms with van der Waals surface area (Å²) in [4.78, 5) is 16.9. The third-order valence-electron chi connectivity index (χ3n) is 6.11. The Balaban J connectivity index is 1.48. The van der Waals surface area contributed by atoms with Gasteiger partial charge in [-0.15, -0.1) is 0 Å². The first-order valence-electron chi connectivity index (χ1n) is 11.0. The monoisotopic (exact) mass is 415 g/mol. The van der Waals surface area contributed by atoms with E-state index in [9.17, 15) is 0 Å². The van der Waals surface area contributed by atoms with Crippen molar-refractivity contribution in [1.29, 1.82) is 0 Å². The fraction of sp³-hybridized carbons (Fsp3) is 0.391. The summed E-state index contributed by atoms with van der Waals surface area (Å²) < 4.78 is 7.46. The number of anilines is 2. The van der Waals surface area contributed by atoms with Gasteiger partial charge in [0.1, 0.15) is 23.0 Å². The average molecular weight is 416 g/mol. The van der Waals surface area contributed by atoms with Gasteiger partial charge >= 0.3 is 0 Å². The van der Waals surface area contributed by atoms with Gasteiger partial charge in [0, 0.05) is 31.8 Å². The molecule has 0 amide bonds. The van der Waals surface area contributed by atoms with Gasteiger partial charge in [0.25, 0.3) is 0 Å². The lowest BCUT2D eigenvalue weighted by Crippen LogP contribution is -2.23. The Morgan fingerprint density at radius 3 is 2.61 bits per heavy atom. The molecule has 2 aliphatic heterocycles. The summed E-state index contributed by atoms with van der Waals surface area (Å²) in [5.74, 6) is 1.94. The van der Waals surface area contributed by atoms with E-state index in [2.05, 4.69) is 16.3 Å². The highest BCUT2D eigenvalue weighted by atomic mass is 16.5. The van der Waals surface area contributed by atoms with Crippen molar-refractivity contribution in [3.63, 3.8) is 0 Å². The first-order valence-corrected chi connectivity index (χ1v) is 11.0. The molecule has 0 spiro atoms. The molecule has 2 fully saturated rings. The van der Waals surface area contributed by atoms with Gasteiger partial charge in [-0.2, -0.15) is 9.61 Å². The van der Waals surface area contributed by atoms with Crippen molar-refractivity contribution in [2.24, 2.45) is 0 Å². The molecule has 6 rings (SSSR count). The summed E-state index contributed by atoms with van der Waals surface area (Å²) in [6, 6.07) is 12.3. The van der Waals surface area contributed by atoms with Crippen molar-refractivity contribution in [1.82, 2.24) is 24.6 Å². The smallest absolute Gasteiger partial charge is 0.160 e. The third kappa shape index (κ3) is 3.37. The second kappa shape index (κ2) is 7.46. The minimum atomic E-state index is 0.284. The normalized spacial score (nSPS) is 19.0. The van der Waals surface area contributed by atoms with Gasteiger partial charge in [0.15, 0.2) is 5.65 Å². The van der Waals surface area contributed by atoms with Crippen molar-refractivity contribution >= 4 is 28.3 Å². The molecule has 0 bridgehead atoms. The molecular weight excluding hydrogens is 390 g/mol. The molecule has 1 N–H and O–H groups in total. The molecule has 2 saturated heterocycles. The second-order valence-electron chi connectivity index (χ2n) is 8.34. The van der Waals surface area contributed by atoms with Crippen LogP contribution in [0.3, 0.4) is 0 Å². The molecule has 4 aromatic rings. The number of aromatic nitrogens is 5. The zero-order valence-electron chi connectivity index (χ0n) is 17.6. The largest absolute Gasteiger partial charge is 0.379 e. The van der Waals surface area contributed by atoms with Crippen LogP contribution in [0.1, 0.15) is 25.0 Å². The number of benzene rings is 1. The van der Waals surface area contributed by atoms with Crippen LogP contribution in [-0.4, -0.2) is 56.9 Å². The summed E-state index contributed by atoms with van der Waals surface area (Å²) in [6.07, 6.45) is 3.41. The highest BCUT2D eigenvalue weighted by Gasteiger charge is 2.22. The Hall–Kier alpha value is -3.26. The first-order chi connectivity index (χ1) is 15.2. The maximum absolute atomic E-state index is 5.57. The maximum atomic E-state index is 5.57. The summed E-state index contributed by atoms with van der Waals surface area (Å²) in [5.41, 5.74) is 5.02. The van der Waals surface area contributed by atoms with Crippen LogP contribution in [0.4, 0.5) is 11.6 Å². The number of para-hydroxylation sites is 2. The van der Waals surface area contributed by atoms with E-state index in [1.54, 1.807) is 0 Å². The minimum Gasteiger partial charge on any atom is -0.379 e. The van der Waals surface area contributed by atoms with Crippen molar-refractivity contribution in [3.8, 4) is 11.4 Å². The molecule has 1 atom stereocenters. The third-order valence-corrected chi connectivity index (χ3v) is 6.11. The Bertz CT molecular complexity index is 1260. The van der Waals surface area contributed by atoms with Gasteiger partial charge in [-0.25, -0.2) is 15.0 Å². The predicted molar refractivity (Wildman–Crippen MR) is 121 cm³/mol. The van der Waals surface area contributed by atoms with Crippen LogP contribution in [0.2, 0.25) is 0 Å². The lowest BCUT2D eigenvalue weighted by molar-refractivity contribution is 0.195. The van der Waals surface area contributed by atoms with Crippen molar-refractivity contribution in [2.75, 3.05) is 36.5 Å². The molecule has 1 aromatic carbocycles. The van der Waals surface area contributed by atoms with E-state index in [0.717, 1.165) is 71.5 Å². The average Bonchev–Trinajstić information content (AvgIpc) is 3.54. The number of rotatable bonds is 4. The van der Waals surface area contributed by atoms with E-state index in [1.165, 1.54) is 12.8 Å². The first kappa shape index (κ1) is 18.5. The van der Waals surface area contributed by atoms with Gasteiger partial charge in [-0.3, -0.25) is 0 Å². The number of fused-ring (bicyclic) bond motifs is 2. The molecule has 0 unspecified atom stereocenters. The Morgan fingerprint density at radius 1 is 1.03 bits per heavy atom. The van der Waals surface area contributed by atoms with Crippen molar-refractivity contribution in [2.45, 2.75) is 32.2 Å². The summed E-state index contributed by atoms with van der Waals surface area (Å²) in [7, 11) is 0. The standard InChI is InChI=1S/C23H25N7O/c1-15-23(26-18-7-3-2-6-17(18)24-15)19-12-21-27-20(29-9-4-5-10-29)13-22(30(21)28-19)25-16-8-11-31-14-16/h2-3,6-7,12-13,16,25H,4-5,8-11,14H2,1H3/t16-/m1/s1. The van der Waals surface area contributed by atoms with Gasteiger partial charge in [-0.05, 0) is 38.3 Å². The fourth-order valence-corrected chi connectivity index (χ4v) is 4.48. The summed E-state index contributed by atoms with van der Waals surface area (Å²) in [6.45, 7) is 5.58. The Morgan fingerprint density at radius 2 is 1.84 bits per heavy atom. The van der Waals surface area contributed by atoms with Crippen LogP contribution in [0, 0.1) is 6.92 Å². The van der Waals surface area contributed by atoms with Crippen molar-refractivity contribution < 1.29 is 4.74 Å². The van der Waals surface area contributed by atoms with Gasteiger partial charge < -0.3 is 15.0 Å². The van der Waals surface area contributed by atoms with Crippen LogP contribution in [0.5, 0.6) is 0 Å². The quantitative estimate of drug-likeness (QED) is 0.547.